The van der Waals surface area contributed by atoms with Gasteiger partial charge in [0, 0.05) is 12.1 Å². The lowest BCUT2D eigenvalue weighted by atomic mass is 9.95. The van der Waals surface area contributed by atoms with Gasteiger partial charge >= 0.3 is 0 Å². The van der Waals surface area contributed by atoms with Gasteiger partial charge in [0.15, 0.2) is 11.5 Å². The van der Waals surface area contributed by atoms with Crippen LogP contribution in [0.1, 0.15) is 83.4 Å². The van der Waals surface area contributed by atoms with Crippen molar-refractivity contribution in [3.8, 4) is 17.2 Å². The normalized spacial score (nSPS) is 16.3. The van der Waals surface area contributed by atoms with Crippen LogP contribution in [0.5, 0.6) is 17.2 Å². The molecule has 1 aliphatic rings. The first-order chi connectivity index (χ1) is 20.4. The van der Waals surface area contributed by atoms with E-state index in [1.807, 2.05) is 12.1 Å². The lowest BCUT2D eigenvalue weighted by Gasteiger charge is -2.27. The molecule has 2 aromatic carbocycles. The molecule has 1 heterocycles. The largest absolute Gasteiger partial charge is 0.507 e. The standard InChI is InChI=1S/C34H48N2O6/c1-6-10-12-23-42-28-19-16-26(24-29(28)40-5)31-30(32(37)25-14-17-27(18-15-25)41-22-11-7-2)33(38)34(39)36(31)21-13-20-35(8-3)9-4/h14-19,24,31,37H,6-13,20-23H2,1-5H3. The molecule has 0 bridgehead atoms. The molecule has 0 aliphatic carbocycles. The molecule has 1 saturated heterocycles. The number of benzene rings is 2. The van der Waals surface area contributed by atoms with E-state index < -0.39 is 17.7 Å². The number of ketones is 1. The minimum atomic E-state index is -0.759. The SMILES string of the molecule is CCCCCOc1ccc(C2C(=C(O)c3ccc(OCCCC)cc3)C(=O)C(=O)N2CCCN(CC)CC)cc1OC. The Hall–Kier alpha value is -3.52. The maximum absolute atomic E-state index is 13.5. The van der Waals surface area contributed by atoms with Gasteiger partial charge in [-0.1, -0.05) is 53.0 Å². The summed E-state index contributed by atoms with van der Waals surface area (Å²) in [6, 6.07) is 11.7. The minimum absolute atomic E-state index is 0.0705. The van der Waals surface area contributed by atoms with E-state index >= 15 is 0 Å². The Labute approximate surface area is 251 Å². The van der Waals surface area contributed by atoms with Gasteiger partial charge in [-0.25, -0.2) is 0 Å². The van der Waals surface area contributed by atoms with Crippen LogP contribution < -0.4 is 14.2 Å². The predicted octanol–water partition coefficient (Wildman–Crippen LogP) is 6.60. The van der Waals surface area contributed by atoms with Crippen molar-refractivity contribution in [3.05, 3.63) is 59.2 Å². The summed E-state index contributed by atoms with van der Waals surface area (Å²) in [6.07, 6.45) is 5.80. The van der Waals surface area contributed by atoms with Crippen LogP contribution in [-0.2, 0) is 9.59 Å². The number of methoxy groups -OCH3 is 1. The van der Waals surface area contributed by atoms with Crippen molar-refractivity contribution < 1.29 is 28.9 Å². The summed E-state index contributed by atoms with van der Waals surface area (Å²) < 4.78 is 17.4. The highest BCUT2D eigenvalue weighted by atomic mass is 16.5. The van der Waals surface area contributed by atoms with Crippen molar-refractivity contribution >= 4 is 17.4 Å². The summed E-state index contributed by atoms with van der Waals surface area (Å²) in [5, 5.41) is 11.5. The van der Waals surface area contributed by atoms with Gasteiger partial charge in [-0.2, -0.15) is 0 Å². The van der Waals surface area contributed by atoms with Gasteiger partial charge in [-0.15, -0.1) is 0 Å². The summed E-state index contributed by atoms with van der Waals surface area (Å²) in [5.74, 6) is 0.305. The fourth-order valence-corrected chi connectivity index (χ4v) is 5.17. The van der Waals surface area contributed by atoms with Crippen molar-refractivity contribution in [3.63, 3.8) is 0 Å². The Balaban J connectivity index is 1.99. The molecule has 1 fully saturated rings. The third-order valence-electron chi connectivity index (χ3n) is 7.71. The second-order valence-corrected chi connectivity index (χ2v) is 10.6. The summed E-state index contributed by atoms with van der Waals surface area (Å²) in [6.45, 7) is 12.6. The number of aliphatic hydroxyl groups is 1. The summed E-state index contributed by atoms with van der Waals surface area (Å²) >= 11 is 0. The Morgan fingerprint density at radius 2 is 1.55 bits per heavy atom. The number of carbonyl (C=O) groups excluding carboxylic acids is 2. The monoisotopic (exact) mass is 580 g/mol. The smallest absolute Gasteiger partial charge is 0.295 e. The third kappa shape index (κ3) is 8.28. The maximum Gasteiger partial charge on any atom is 0.295 e. The van der Waals surface area contributed by atoms with Crippen molar-refractivity contribution in [1.82, 2.24) is 9.80 Å². The van der Waals surface area contributed by atoms with E-state index in [-0.39, 0.29) is 11.3 Å². The van der Waals surface area contributed by atoms with E-state index in [0.717, 1.165) is 51.7 Å². The average molecular weight is 581 g/mol. The molecule has 1 atom stereocenters. The second kappa shape index (κ2) is 16.8. The van der Waals surface area contributed by atoms with Gasteiger partial charge in [-0.3, -0.25) is 9.59 Å². The number of carbonyl (C=O) groups is 2. The third-order valence-corrected chi connectivity index (χ3v) is 7.71. The quantitative estimate of drug-likeness (QED) is 0.0920. The van der Waals surface area contributed by atoms with E-state index in [9.17, 15) is 14.7 Å². The highest BCUT2D eigenvalue weighted by Gasteiger charge is 2.46. The fraction of sp³-hybridized carbons (Fsp3) is 0.529. The lowest BCUT2D eigenvalue weighted by Crippen LogP contribution is -2.33. The van der Waals surface area contributed by atoms with Gasteiger partial charge < -0.3 is 29.1 Å². The molecule has 3 rings (SSSR count). The van der Waals surface area contributed by atoms with E-state index in [4.69, 9.17) is 14.2 Å². The Bertz CT molecular complexity index is 1190. The summed E-state index contributed by atoms with van der Waals surface area (Å²) in [4.78, 5) is 30.8. The van der Waals surface area contributed by atoms with E-state index in [1.165, 1.54) is 0 Å². The van der Waals surface area contributed by atoms with Gasteiger partial charge in [0.05, 0.1) is 31.9 Å². The zero-order valence-electron chi connectivity index (χ0n) is 26.0. The number of unbranched alkanes of at least 4 members (excludes halogenated alkanes) is 3. The van der Waals surface area contributed by atoms with Crippen LogP contribution in [0.25, 0.3) is 5.76 Å². The predicted molar refractivity (Wildman–Crippen MR) is 166 cm³/mol. The Morgan fingerprint density at radius 3 is 2.19 bits per heavy atom. The molecule has 8 heteroatoms. The number of likely N-dealkylation sites (tertiary alicyclic amines) is 1. The molecule has 0 spiro atoms. The van der Waals surface area contributed by atoms with Crippen LogP contribution in [0.3, 0.4) is 0 Å². The van der Waals surface area contributed by atoms with Gasteiger partial charge in [0.2, 0.25) is 0 Å². The molecular formula is C34H48N2O6. The van der Waals surface area contributed by atoms with Crippen molar-refractivity contribution in [2.75, 3.05) is 46.5 Å². The molecule has 8 nitrogen and oxygen atoms in total. The number of hydrogen-bond acceptors (Lipinski definition) is 7. The number of aliphatic hydroxyl groups excluding tert-OH is 1. The van der Waals surface area contributed by atoms with Crippen LogP contribution in [0, 0.1) is 0 Å². The molecular weight excluding hydrogens is 532 g/mol. The fourth-order valence-electron chi connectivity index (χ4n) is 5.17. The lowest BCUT2D eigenvalue weighted by molar-refractivity contribution is -0.140. The molecule has 1 amide bonds. The first-order valence-electron chi connectivity index (χ1n) is 15.4. The topological polar surface area (TPSA) is 88.5 Å². The zero-order chi connectivity index (χ0) is 30.5. The maximum atomic E-state index is 13.5. The molecule has 1 N–H and O–H groups in total. The number of nitrogens with zero attached hydrogens (tertiary/aromatic N) is 2. The first kappa shape index (κ1) is 33.0. The average Bonchev–Trinajstić information content (AvgIpc) is 3.26. The van der Waals surface area contributed by atoms with Crippen molar-refractivity contribution in [2.45, 2.75) is 72.3 Å². The molecule has 0 aromatic heterocycles. The molecule has 230 valence electrons. The number of ether oxygens (including phenoxy) is 3. The number of amides is 1. The molecule has 42 heavy (non-hydrogen) atoms. The highest BCUT2D eigenvalue weighted by Crippen LogP contribution is 2.42. The molecule has 2 aromatic rings. The van der Waals surface area contributed by atoms with E-state index in [1.54, 1.807) is 42.3 Å². The summed E-state index contributed by atoms with van der Waals surface area (Å²) in [7, 11) is 1.57. The van der Waals surface area contributed by atoms with Crippen LogP contribution >= 0.6 is 0 Å². The van der Waals surface area contributed by atoms with Crippen LogP contribution in [0.4, 0.5) is 0 Å². The van der Waals surface area contributed by atoms with E-state index in [2.05, 4.69) is 32.6 Å². The Kier molecular flexibility index (Phi) is 13.2. The van der Waals surface area contributed by atoms with Gasteiger partial charge in [0.25, 0.3) is 11.7 Å². The molecule has 1 unspecified atom stereocenters. The Morgan fingerprint density at radius 1 is 0.857 bits per heavy atom. The van der Waals surface area contributed by atoms with Crippen LogP contribution in [-0.4, -0.2) is 73.1 Å². The second-order valence-electron chi connectivity index (χ2n) is 10.6. The number of Topliss-reactive ketones (excluding diaryl/α,β-unsaturated/α-hetero) is 1. The molecule has 1 aliphatic heterocycles. The highest BCUT2D eigenvalue weighted by molar-refractivity contribution is 6.46. The molecule has 0 saturated carbocycles. The minimum Gasteiger partial charge on any atom is -0.507 e. The zero-order valence-corrected chi connectivity index (χ0v) is 26.0. The summed E-state index contributed by atoms with van der Waals surface area (Å²) in [5.41, 5.74) is 1.20. The van der Waals surface area contributed by atoms with Crippen molar-refractivity contribution in [2.24, 2.45) is 0 Å². The first-order valence-corrected chi connectivity index (χ1v) is 15.4. The van der Waals surface area contributed by atoms with Gasteiger partial charge in [-0.05, 0) is 80.9 Å². The molecule has 0 radical (unpaired) electrons. The van der Waals surface area contributed by atoms with E-state index in [0.29, 0.717) is 54.6 Å². The van der Waals surface area contributed by atoms with Gasteiger partial charge in [0.1, 0.15) is 11.5 Å². The van der Waals surface area contributed by atoms with Crippen LogP contribution in [0.2, 0.25) is 0 Å². The number of hydrogen-bond donors (Lipinski definition) is 1. The van der Waals surface area contributed by atoms with Crippen LogP contribution in [0.15, 0.2) is 48.0 Å². The number of rotatable bonds is 18. The van der Waals surface area contributed by atoms with Crippen molar-refractivity contribution in [1.29, 1.82) is 0 Å².